The fourth-order valence-corrected chi connectivity index (χ4v) is 3.79. The van der Waals surface area contributed by atoms with Crippen LogP contribution in [0.2, 0.25) is 0 Å². The average molecular weight is 495 g/mol. The summed E-state index contributed by atoms with van der Waals surface area (Å²) in [6.45, 7) is 4.19. The SMILES string of the molecule is Cc1ccc(N(CCCCCCCCN(C(=O)O)c2ccc(C)c(N=C=O)c2)C(=O)O)cc1N=C=O. The minimum absolute atomic E-state index is 0.314. The highest BCUT2D eigenvalue weighted by Gasteiger charge is 2.16. The maximum atomic E-state index is 11.7. The number of carbonyl (C=O) groups is 2. The molecule has 2 aromatic rings. The fraction of sp³-hybridized carbons (Fsp3) is 0.385. The molecule has 10 nitrogen and oxygen atoms in total. The third-order valence-corrected chi connectivity index (χ3v) is 5.82. The molecule has 2 N–H and O–H groups in total. The minimum Gasteiger partial charge on any atom is -0.465 e. The quantitative estimate of drug-likeness (QED) is 0.192. The summed E-state index contributed by atoms with van der Waals surface area (Å²) in [6, 6.07) is 9.92. The lowest BCUT2D eigenvalue weighted by molar-refractivity contribution is 0.200. The van der Waals surface area contributed by atoms with Gasteiger partial charge in [0.2, 0.25) is 12.2 Å². The molecule has 2 aromatic carbocycles. The molecule has 36 heavy (non-hydrogen) atoms. The highest BCUT2D eigenvalue weighted by atomic mass is 16.4. The van der Waals surface area contributed by atoms with Gasteiger partial charge in [0.1, 0.15) is 0 Å². The monoisotopic (exact) mass is 494 g/mol. The number of carbonyl (C=O) groups excluding carboxylic acids is 2. The maximum Gasteiger partial charge on any atom is 0.411 e. The van der Waals surface area contributed by atoms with Crippen molar-refractivity contribution in [3.05, 3.63) is 47.5 Å². The maximum absolute atomic E-state index is 11.7. The second-order valence-corrected chi connectivity index (χ2v) is 8.34. The van der Waals surface area contributed by atoms with Crippen LogP contribution in [0.4, 0.5) is 32.3 Å². The summed E-state index contributed by atoms with van der Waals surface area (Å²) in [7, 11) is 0. The second kappa shape index (κ2) is 14.2. The Morgan fingerprint density at radius 3 is 1.39 bits per heavy atom. The van der Waals surface area contributed by atoms with Crippen molar-refractivity contribution in [2.45, 2.75) is 52.4 Å². The molecular weight excluding hydrogens is 464 g/mol. The number of hydrogen-bond donors (Lipinski definition) is 2. The van der Waals surface area contributed by atoms with Gasteiger partial charge in [0.25, 0.3) is 0 Å². The van der Waals surface area contributed by atoms with E-state index in [4.69, 9.17) is 0 Å². The fourth-order valence-electron chi connectivity index (χ4n) is 3.79. The van der Waals surface area contributed by atoms with Crippen LogP contribution in [0.5, 0.6) is 0 Å². The van der Waals surface area contributed by atoms with Gasteiger partial charge in [0, 0.05) is 24.5 Å². The molecule has 0 radical (unpaired) electrons. The van der Waals surface area contributed by atoms with Crippen LogP contribution in [0.25, 0.3) is 0 Å². The summed E-state index contributed by atoms with van der Waals surface area (Å²) in [4.78, 5) is 54.3. The minimum atomic E-state index is -1.08. The van der Waals surface area contributed by atoms with Crippen LogP contribution >= 0.6 is 0 Å². The van der Waals surface area contributed by atoms with Crippen LogP contribution in [0, 0.1) is 13.8 Å². The van der Waals surface area contributed by atoms with Crippen molar-refractivity contribution >= 4 is 47.1 Å². The number of hydrogen-bond acceptors (Lipinski definition) is 6. The first-order valence-corrected chi connectivity index (χ1v) is 11.7. The van der Waals surface area contributed by atoms with Gasteiger partial charge < -0.3 is 10.2 Å². The Bertz CT molecular complexity index is 1080. The molecule has 0 heterocycles. The van der Waals surface area contributed by atoms with Crippen LogP contribution in [0.1, 0.15) is 49.7 Å². The number of nitrogens with zero attached hydrogens (tertiary/aromatic N) is 4. The number of carboxylic acid groups (broad SMARTS) is 2. The Kier molecular flexibility index (Phi) is 11.0. The largest absolute Gasteiger partial charge is 0.465 e. The number of aliphatic imine (C=N–C) groups is 2. The zero-order chi connectivity index (χ0) is 26.5. The van der Waals surface area contributed by atoms with Crippen LogP contribution in [0.3, 0.4) is 0 Å². The van der Waals surface area contributed by atoms with E-state index in [1.807, 2.05) is 0 Å². The standard InChI is InChI=1S/C26H30N4O6/c1-19-9-11-21(15-23(19)27-17-31)29(25(33)34)13-7-5-3-4-6-8-14-30(26(35)36)22-12-10-20(2)24(16-22)28-18-32/h9-12,15-16H,3-8,13-14H2,1-2H3,(H,33,34)(H,35,36). The van der Waals surface area contributed by atoms with Crippen molar-refractivity contribution in [3.63, 3.8) is 0 Å². The van der Waals surface area contributed by atoms with Crippen LogP contribution < -0.4 is 9.80 Å². The molecule has 0 unspecified atom stereocenters. The molecule has 2 rings (SSSR count). The molecule has 0 atom stereocenters. The number of aryl methyl sites for hydroxylation is 2. The Labute approximate surface area is 209 Å². The molecule has 0 aliphatic rings. The Balaban J connectivity index is 1.79. The van der Waals surface area contributed by atoms with Crippen molar-refractivity contribution in [2.75, 3.05) is 22.9 Å². The lowest BCUT2D eigenvalue weighted by Crippen LogP contribution is -2.30. The molecular formula is C26H30N4O6. The first-order chi connectivity index (χ1) is 17.3. The van der Waals surface area contributed by atoms with E-state index in [0.717, 1.165) is 36.8 Å². The summed E-state index contributed by atoms with van der Waals surface area (Å²) in [6.07, 6.45) is 5.56. The van der Waals surface area contributed by atoms with Crippen molar-refractivity contribution in [3.8, 4) is 0 Å². The number of amides is 2. The average Bonchev–Trinajstić information content (AvgIpc) is 2.83. The molecule has 190 valence electrons. The normalized spacial score (nSPS) is 10.2. The number of isocyanates is 2. The van der Waals surface area contributed by atoms with Crippen LogP contribution in [0.15, 0.2) is 46.4 Å². The predicted molar refractivity (Wildman–Crippen MR) is 136 cm³/mol. The highest BCUT2D eigenvalue weighted by molar-refractivity contribution is 5.87. The van der Waals surface area contributed by atoms with Gasteiger partial charge in [-0.05, 0) is 62.1 Å². The zero-order valence-corrected chi connectivity index (χ0v) is 20.4. The predicted octanol–water partition coefficient (Wildman–Crippen LogP) is 6.25. The topological polar surface area (TPSA) is 140 Å². The third kappa shape index (κ3) is 8.20. The zero-order valence-electron chi connectivity index (χ0n) is 20.4. The molecule has 0 aliphatic heterocycles. The third-order valence-electron chi connectivity index (χ3n) is 5.82. The number of benzene rings is 2. The second-order valence-electron chi connectivity index (χ2n) is 8.34. The summed E-state index contributed by atoms with van der Waals surface area (Å²) < 4.78 is 0. The summed E-state index contributed by atoms with van der Waals surface area (Å²) in [5.74, 6) is 0. The van der Waals surface area contributed by atoms with E-state index in [1.165, 1.54) is 22.0 Å². The van der Waals surface area contributed by atoms with E-state index in [0.29, 0.717) is 48.7 Å². The van der Waals surface area contributed by atoms with E-state index in [2.05, 4.69) is 9.98 Å². The van der Waals surface area contributed by atoms with Gasteiger partial charge in [-0.1, -0.05) is 37.8 Å². The Morgan fingerprint density at radius 2 is 1.06 bits per heavy atom. The van der Waals surface area contributed by atoms with Gasteiger partial charge in [0.05, 0.1) is 11.4 Å². The van der Waals surface area contributed by atoms with Gasteiger partial charge >= 0.3 is 12.2 Å². The molecule has 2 amide bonds. The molecule has 0 spiro atoms. The highest BCUT2D eigenvalue weighted by Crippen LogP contribution is 2.27. The first-order valence-electron chi connectivity index (χ1n) is 11.7. The van der Waals surface area contributed by atoms with Crippen molar-refractivity contribution < 1.29 is 29.4 Å². The first kappa shape index (κ1) is 28.0. The van der Waals surface area contributed by atoms with Crippen LogP contribution in [-0.4, -0.2) is 47.6 Å². The van der Waals surface area contributed by atoms with Gasteiger partial charge in [-0.2, -0.15) is 9.98 Å². The lowest BCUT2D eigenvalue weighted by atomic mass is 10.1. The van der Waals surface area contributed by atoms with Crippen molar-refractivity contribution in [2.24, 2.45) is 9.98 Å². The Hall–Kier alpha value is -4.26. The number of anilines is 2. The van der Waals surface area contributed by atoms with E-state index in [-0.39, 0.29) is 0 Å². The molecule has 0 fully saturated rings. The number of rotatable bonds is 13. The van der Waals surface area contributed by atoms with Crippen molar-refractivity contribution in [1.82, 2.24) is 0 Å². The van der Waals surface area contributed by atoms with E-state index < -0.39 is 12.2 Å². The Morgan fingerprint density at radius 1 is 0.694 bits per heavy atom. The number of unbranched alkanes of at least 4 members (excludes halogenated alkanes) is 5. The molecule has 10 heteroatoms. The van der Waals surface area contributed by atoms with E-state index in [1.54, 1.807) is 50.2 Å². The van der Waals surface area contributed by atoms with Crippen LogP contribution in [-0.2, 0) is 9.59 Å². The summed E-state index contributed by atoms with van der Waals surface area (Å²) in [5, 5.41) is 19.2. The smallest absolute Gasteiger partial charge is 0.411 e. The summed E-state index contributed by atoms with van der Waals surface area (Å²) >= 11 is 0. The van der Waals surface area contributed by atoms with Gasteiger partial charge in [-0.25, -0.2) is 19.2 Å². The lowest BCUT2D eigenvalue weighted by Gasteiger charge is -2.20. The van der Waals surface area contributed by atoms with Gasteiger partial charge in [-0.15, -0.1) is 0 Å². The molecule has 0 bridgehead atoms. The van der Waals surface area contributed by atoms with Gasteiger partial charge in [-0.3, -0.25) is 9.80 Å². The van der Waals surface area contributed by atoms with Crippen molar-refractivity contribution in [1.29, 1.82) is 0 Å². The van der Waals surface area contributed by atoms with Gasteiger partial charge in [0.15, 0.2) is 0 Å². The molecule has 0 saturated carbocycles. The molecule has 0 aliphatic carbocycles. The molecule has 0 saturated heterocycles. The van der Waals surface area contributed by atoms with E-state index >= 15 is 0 Å². The molecule has 0 aromatic heterocycles. The summed E-state index contributed by atoms with van der Waals surface area (Å²) in [5.41, 5.74) is 3.20. The van der Waals surface area contributed by atoms with E-state index in [9.17, 15) is 29.4 Å².